The lowest BCUT2D eigenvalue weighted by molar-refractivity contribution is 0.445. The van der Waals surface area contributed by atoms with Gasteiger partial charge in [-0.1, -0.05) is 22.9 Å². The first kappa shape index (κ1) is 15.3. The molecule has 0 aliphatic heterocycles. The zero-order valence-electron chi connectivity index (χ0n) is 10.6. The summed E-state index contributed by atoms with van der Waals surface area (Å²) in [7, 11) is 0. The van der Waals surface area contributed by atoms with Gasteiger partial charge in [0, 0.05) is 19.0 Å². The highest BCUT2D eigenvalue weighted by atomic mass is 79.9. The fourth-order valence-electron chi connectivity index (χ4n) is 1.90. The minimum atomic E-state index is 0.215. The maximum Gasteiger partial charge on any atom is 0.136 e. The molecule has 1 N–H and O–H groups in total. The van der Waals surface area contributed by atoms with Gasteiger partial charge in [0.15, 0.2) is 0 Å². The zero-order chi connectivity index (χ0) is 14.0. The molecule has 0 spiro atoms. The van der Waals surface area contributed by atoms with E-state index in [2.05, 4.69) is 67.0 Å². The summed E-state index contributed by atoms with van der Waals surface area (Å²) in [5.74, 6) is 1.80. The van der Waals surface area contributed by atoms with E-state index in [4.69, 9.17) is 4.42 Å². The molecule has 1 atom stereocenters. The summed E-state index contributed by atoms with van der Waals surface area (Å²) < 4.78 is 8.95. The quantitative estimate of drug-likeness (QED) is 0.625. The number of hydrogen-bond acceptors (Lipinski definition) is 2. The topological polar surface area (TPSA) is 25.2 Å². The van der Waals surface area contributed by atoms with Crippen molar-refractivity contribution in [3.8, 4) is 11.3 Å². The summed E-state index contributed by atoms with van der Waals surface area (Å²) >= 11 is 10.6. The lowest BCUT2D eigenvalue weighted by Gasteiger charge is -2.09. The number of furan rings is 1. The molecule has 0 radical (unpaired) electrons. The van der Waals surface area contributed by atoms with E-state index in [-0.39, 0.29) is 6.04 Å². The molecule has 1 heterocycles. The van der Waals surface area contributed by atoms with Crippen LogP contribution in [-0.4, -0.2) is 6.54 Å². The molecule has 0 aliphatic carbocycles. The molecule has 1 unspecified atom stereocenters. The van der Waals surface area contributed by atoms with Crippen LogP contribution in [0.25, 0.3) is 11.3 Å². The van der Waals surface area contributed by atoms with Gasteiger partial charge < -0.3 is 9.73 Å². The first-order valence-electron chi connectivity index (χ1n) is 6.01. The molecular formula is C14H14Br3NO. The average Bonchev–Trinajstić information content (AvgIpc) is 2.77. The van der Waals surface area contributed by atoms with Gasteiger partial charge in [-0.05, 0) is 69.6 Å². The largest absolute Gasteiger partial charge is 0.459 e. The van der Waals surface area contributed by atoms with E-state index in [0.29, 0.717) is 0 Å². The summed E-state index contributed by atoms with van der Waals surface area (Å²) in [6, 6.07) is 8.25. The minimum absolute atomic E-state index is 0.215. The number of halogens is 3. The van der Waals surface area contributed by atoms with E-state index >= 15 is 0 Å². The molecule has 0 saturated heterocycles. The molecule has 0 aliphatic rings. The molecule has 0 amide bonds. The van der Waals surface area contributed by atoms with Crippen LogP contribution in [0.4, 0.5) is 0 Å². The number of benzene rings is 1. The molecule has 1 aromatic carbocycles. The second-order valence-corrected chi connectivity index (χ2v) is 6.85. The predicted octanol–water partition coefficient (Wildman–Crippen LogP) is 5.90. The van der Waals surface area contributed by atoms with Crippen LogP contribution >= 0.6 is 47.8 Å². The van der Waals surface area contributed by atoms with Crippen LogP contribution < -0.4 is 5.32 Å². The Morgan fingerprint density at radius 1 is 1.16 bits per heavy atom. The fraction of sp³-hybridized carbons (Fsp3) is 0.286. The number of hydrogen-bond donors (Lipinski definition) is 1. The van der Waals surface area contributed by atoms with Crippen molar-refractivity contribution in [3.63, 3.8) is 0 Å². The van der Waals surface area contributed by atoms with Crippen molar-refractivity contribution in [2.45, 2.75) is 19.9 Å². The van der Waals surface area contributed by atoms with Crippen LogP contribution in [0.3, 0.4) is 0 Å². The lowest BCUT2D eigenvalue weighted by Crippen LogP contribution is -2.16. The van der Waals surface area contributed by atoms with Crippen molar-refractivity contribution in [2.24, 2.45) is 0 Å². The predicted molar refractivity (Wildman–Crippen MR) is 89.3 cm³/mol. The molecule has 2 aromatic rings. The van der Waals surface area contributed by atoms with Crippen molar-refractivity contribution < 1.29 is 4.42 Å². The molecule has 0 fully saturated rings. The molecule has 2 rings (SSSR count). The third kappa shape index (κ3) is 3.51. The molecular weight excluding hydrogens is 438 g/mol. The monoisotopic (exact) mass is 449 g/mol. The highest BCUT2D eigenvalue weighted by Gasteiger charge is 2.15. The highest BCUT2D eigenvalue weighted by Crippen LogP contribution is 2.38. The molecule has 19 heavy (non-hydrogen) atoms. The summed E-state index contributed by atoms with van der Waals surface area (Å²) in [5.41, 5.74) is 1.03. The van der Waals surface area contributed by atoms with E-state index in [1.54, 1.807) is 0 Å². The van der Waals surface area contributed by atoms with Crippen molar-refractivity contribution in [1.29, 1.82) is 0 Å². The van der Waals surface area contributed by atoms with E-state index in [1.165, 1.54) is 0 Å². The van der Waals surface area contributed by atoms with E-state index in [0.717, 1.165) is 37.0 Å². The highest BCUT2D eigenvalue weighted by molar-refractivity contribution is 9.11. The van der Waals surface area contributed by atoms with Crippen molar-refractivity contribution in [2.75, 3.05) is 6.54 Å². The van der Waals surface area contributed by atoms with E-state index in [9.17, 15) is 0 Å². The number of rotatable bonds is 4. The van der Waals surface area contributed by atoms with Crippen LogP contribution in [0, 0.1) is 0 Å². The number of nitrogens with one attached hydrogen (secondary N) is 1. The van der Waals surface area contributed by atoms with Gasteiger partial charge in [0.25, 0.3) is 0 Å². The van der Waals surface area contributed by atoms with Gasteiger partial charge in [-0.3, -0.25) is 0 Å². The Balaban J connectivity index is 2.38. The van der Waals surface area contributed by atoms with Crippen molar-refractivity contribution in [3.05, 3.63) is 43.4 Å². The summed E-state index contributed by atoms with van der Waals surface area (Å²) in [6.45, 7) is 5.10. The average molecular weight is 452 g/mol. The van der Waals surface area contributed by atoms with Crippen LogP contribution in [-0.2, 0) is 0 Å². The van der Waals surface area contributed by atoms with Gasteiger partial charge in [-0.25, -0.2) is 0 Å². The van der Waals surface area contributed by atoms with E-state index in [1.807, 2.05) is 24.3 Å². The Morgan fingerprint density at radius 3 is 2.37 bits per heavy atom. The van der Waals surface area contributed by atoms with Crippen LogP contribution in [0.15, 0.2) is 42.1 Å². The van der Waals surface area contributed by atoms with Gasteiger partial charge in [0.05, 0.1) is 6.04 Å². The first-order chi connectivity index (χ1) is 9.02. The summed E-state index contributed by atoms with van der Waals surface area (Å²) in [4.78, 5) is 0. The molecule has 2 nitrogen and oxygen atoms in total. The van der Waals surface area contributed by atoms with Gasteiger partial charge in [-0.2, -0.15) is 0 Å². The van der Waals surface area contributed by atoms with Crippen LogP contribution in [0.5, 0.6) is 0 Å². The standard InChI is InChI=1S/C14H14Br3NO/c1-3-18-8(2)12-4-5-13(19-12)14-10(16)6-9(15)7-11(14)17/h4-8,18H,3H2,1-2H3. The maximum atomic E-state index is 5.95. The second-order valence-electron chi connectivity index (χ2n) is 4.23. The molecule has 102 valence electrons. The fourth-order valence-corrected chi connectivity index (χ4v) is 4.55. The molecule has 0 saturated carbocycles. The zero-order valence-corrected chi connectivity index (χ0v) is 15.4. The third-order valence-corrected chi connectivity index (χ3v) is 4.53. The Bertz CT molecular complexity index is 557. The summed E-state index contributed by atoms with van der Waals surface area (Å²) in [5, 5.41) is 3.34. The smallest absolute Gasteiger partial charge is 0.136 e. The molecule has 1 aromatic heterocycles. The third-order valence-electron chi connectivity index (χ3n) is 2.82. The van der Waals surface area contributed by atoms with Crippen molar-refractivity contribution >= 4 is 47.8 Å². The first-order valence-corrected chi connectivity index (χ1v) is 8.38. The minimum Gasteiger partial charge on any atom is -0.459 e. The Labute approximate surface area is 138 Å². The summed E-state index contributed by atoms with van der Waals surface area (Å²) in [6.07, 6.45) is 0. The van der Waals surface area contributed by atoms with Gasteiger partial charge >= 0.3 is 0 Å². The van der Waals surface area contributed by atoms with Gasteiger partial charge in [0.2, 0.25) is 0 Å². The second kappa shape index (κ2) is 6.57. The van der Waals surface area contributed by atoms with Crippen LogP contribution in [0.2, 0.25) is 0 Å². The normalized spacial score (nSPS) is 12.7. The molecule has 5 heteroatoms. The van der Waals surface area contributed by atoms with Gasteiger partial charge in [-0.15, -0.1) is 0 Å². The van der Waals surface area contributed by atoms with E-state index < -0.39 is 0 Å². The molecule has 0 bridgehead atoms. The maximum absolute atomic E-state index is 5.95. The SMILES string of the molecule is CCNC(C)c1ccc(-c2c(Br)cc(Br)cc2Br)o1. The Hall–Kier alpha value is -0.100. The Kier molecular flexibility index (Phi) is 5.29. The lowest BCUT2D eigenvalue weighted by atomic mass is 10.2. The van der Waals surface area contributed by atoms with Gasteiger partial charge in [0.1, 0.15) is 11.5 Å². The Morgan fingerprint density at radius 2 is 1.79 bits per heavy atom. The van der Waals surface area contributed by atoms with Crippen LogP contribution in [0.1, 0.15) is 25.6 Å². The van der Waals surface area contributed by atoms with Crippen molar-refractivity contribution in [1.82, 2.24) is 5.32 Å².